The van der Waals surface area contributed by atoms with Crippen LogP contribution >= 0.6 is 22.9 Å². The third-order valence-corrected chi connectivity index (χ3v) is 3.40. The molecule has 0 saturated heterocycles. The number of rotatable bonds is 5. The molecule has 0 spiro atoms. The van der Waals surface area contributed by atoms with E-state index in [0.717, 1.165) is 10.2 Å². The molecule has 0 aliphatic rings. The van der Waals surface area contributed by atoms with Crippen LogP contribution in [0.3, 0.4) is 0 Å². The van der Waals surface area contributed by atoms with E-state index >= 15 is 0 Å². The van der Waals surface area contributed by atoms with Gasteiger partial charge in [-0.25, -0.2) is 9.97 Å². The van der Waals surface area contributed by atoms with Gasteiger partial charge in [-0.05, 0) is 17.9 Å². The maximum atomic E-state index is 11.9. The van der Waals surface area contributed by atoms with Crippen LogP contribution in [0, 0.1) is 0 Å². The van der Waals surface area contributed by atoms with Crippen molar-refractivity contribution in [2.45, 2.75) is 25.6 Å². The highest BCUT2D eigenvalue weighted by molar-refractivity contribution is 7.16. The van der Waals surface area contributed by atoms with Gasteiger partial charge in [-0.15, -0.1) is 11.3 Å². The SMILES string of the molecule is FC(F)(F)CCCOCc1nc(Cl)c2ccsc2n1. The fourth-order valence-electron chi connectivity index (χ4n) is 1.46. The fourth-order valence-corrected chi connectivity index (χ4v) is 2.55. The molecule has 0 unspecified atom stereocenters. The summed E-state index contributed by atoms with van der Waals surface area (Å²) in [5.74, 6) is 0.381. The molecule has 2 rings (SSSR count). The van der Waals surface area contributed by atoms with E-state index in [9.17, 15) is 13.2 Å². The molecule has 0 N–H and O–H groups in total. The lowest BCUT2D eigenvalue weighted by atomic mass is 10.3. The standard InChI is InChI=1S/C11H10ClF3N2OS/c12-9-7-2-5-19-10(7)17-8(16-9)6-18-4-1-3-11(13,14)15/h2,5H,1,3-4,6H2. The van der Waals surface area contributed by atoms with E-state index in [2.05, 4.69) is 9.97 Å². The summed E-state index contributed by atoms with van der Waals surface area (Å²) >= 11 is 7.38. The van der Waals surface area contributed by atoms with Gasteiger partial charge in [-0.2, -0.15) is 13.2 Å². The summed E-state index contributed by atoms with van der Waals surface area (Å²) in [5, 5.41) is 2.95. The minimum Gasteiger partial charge on any atom is -0.373 e. The normalized spacial score (nSPS) is 12.2. The highest BCUT2D eigenvalue weighted by atomic mass is 35.5. The first kappa shape index (κ1) is 14.5. The van der Waals surface area contributed by atoms with Crippen LogP contribution in [0.2, 0.25) is 5.15 Å². The second kappa shape index (κ2) is 6.02. The van der Waals surface area contributed by atoms with E-state index in [0.29, 0.717) is 11.0 Å². The summed E-state index contributed by atoms with van der Waals surface area (Å²) < 4.78 is 40.8. The van der Waals surface area contributed by atoms with Crippen molar-refractivity contribution in [2.75, 3.05) is 6.61 Å². The third-order valence-electron chi connectivity index (χ3n) is 2.30. The Morgan fingerprint density at radius 1 is 1.32 bits per heavy atom. The molecule has 8 heteroatoms. The first-order valence-electron chi connectivity index (χ1n) is 5.50. The van der Waals surface area contributed by atoms with Crippen LogP contribution in [0.25, 0.3) is 10.2 Å². The van der Waals surface area contributed by atoms with Crippen LogP contribution in [0.1, 0.15) is 18.7 Å². The van der Waals surface area contributed by atoms with Crippen LogP contribution in [0.15, 0.2) is 11.4 Å². The molecule has 2 aromatic rings. The van der Waals surface area contributed by atoms with Crippen LogP contribution in [-0.2, 0) is 11.3 Å². The van der Waals surface area contributed by atoms with Crippen molar-refractivity contribution in [3.05, 3.63) is 22.4 Å². The molecule has 0 aliphatic heterocycles. The monoisotopic (exact) mass is 310 g/mol. The predicted octanol–water partition coefficient (Wildman–Crippen LogP) is 4.20. The van der Waals surface area contributed by atoms with Gasteiger partial charge in [0.25, 0.3) is 0 Å². The molecule has 3 nitrogen and oxygen atoms in total. The third kappa shape index (κ3) is 4.29. The lowest BCUT2D eigenvalue weighted by molar-refractivity contribution is -0.138. The van der Waals surface area contributed by atoms with E-state index in [1.54, 1.807) is 0 Å². The molecular formula is C11H10ClF3N2OS. The zero-order valence-electron chi connectivity index (χ0n) is 9.71. The van der Waals surface area contributed by atoms with Gasteiger partial charge in [0.05, 0.1) is 0 Å². The van der Waals surface area contributed by atoms with Gasteiger partial charge < -0.3 is 4.74 Å². The number of halogens is 4. The first-order chi connectivity index (χ1) is 8.96. The molecule has 0 aromatic carbocycles. The van der Waals surface area contributed by atoms with Crippen molar-refractivity contribution >= 4 is 33.2 Å². The number of alkyl halides is 3. The molecule has 0 bridgehead atoms. The van der Waals surface area contributed by atoms with Crippen molar-refractivity contribution < 1.29 is 17.9 Å². The summed E-state index contributed by atoms with van der Waals surface area (Å²) in [7, 11) is 0. The molecule has 19 heavy (non-hydrogen) atoms. The van der Waals surface area contributed by atoms with Gasteiger partial charge in [0, 0.05) is 18.4 Å². The number of hydrogen-bond acceptors (Lipinski definition) is 4. The Hall–Kier alpha value is -0.920. The number of hydrogen-bond donors (Lipinski definition) is 0. The molecular weight excluding hydrogens is 301 g/mol. The average Bonchev–Trinajstić information content (AvgIpc) is 2.75. The Balaban J connectivity index is 1.85. The van der Waals surface area contributed by atoms with E-state index in [-0.39, 0.29) is 19.6 Å². The summed E-state index contributed by atoms with van der Waals surface area (Å²) in [6, 6.07) is 1.82. The molecule has 0 saturated carbocycles. The van der Waals surface area contributed by atoms with Crippen molar-refractivity contribution in [1.82, 2.24) is 9.97 Å². The average molecular weight is 311 g/mol. The van der Waals surface area contributed by atoms with Crippen LogP contribution in [0.5, 0.6) is 0 Å². The fraction of sp³-hybridized carbons (Fsp3) is 0.455. The molecule has 0 fully saturated rings. The summed E-state index contributed by atoms with van der Waals surface area (Å²) in [6.07, 6.45) is -5.06. The summed E-state index contributed by atoms with van der Waals surface area (Å²) in [5.41, 5.74) is 0. The zero-order valence-corrected chi connectivity index (χ0v) is 11.3. The van der Waals surface area contributed by atoms with Crippen LogP contribution in [0.4, 0.5) is 13.2 Å². The van der Waals surface area contributed by atoms with Gasteiger partial charge in [0.15, 0.2) is 5.82 Å². The minimum atomic E-state index is -4.14. The second-order valence-electron chi connectivity index (χ2n) is 3.84. The van der Waals surface area contributed by atoms with Gasteiger partial charge >= 0.3 is 6.18 Å². The lowest BCUT2D eigenvalue weighted by Gasteiger charge is -2.06. The Kier molecular flexibility index (Phi) is 4.59. The van der Waals surface area contributed by atoms with Crippen molar-refractivity contribution in [3.63, 3.8) is 0 Å². The highest BCUT2D eigenvalue weighted by Crippen LogP contribution is 2.25. The van der Waals surface area contributed by atoms with Crippen LogP contribution < -0.4 is 0 Å². The molecule has 2 heterocycles. The molecule has 104 valence electrons. The molecule has 0 atom stereocenters. The van der Waals surface area contributed by atoms with E-state index in [1.807, 2.05) is 11.4 Å². The Morgan fingerprint density at radius 2 is 2.11 bits per heavy atom. The number of thiophene rings is 1. The van der Waals surface area contributed by atoms with E-state index in [1.165, 1.54) is 11.3 Å². The largest absolute Gasteiger partial charge is 0.389 e. The second-order valence-corrected chi connectivity index (χ2v) is 5.09. The summed E-state index contributed by atoms with van der Waals surface area (Å²) in [4.78, 5) is 9.00. The molecule has 2 aromatic heterocycles. The van der Waals surface area contributed by atoms with Crippen molar-refractivity contribution in [1.29, 1.82) is 0 Å². The number of aromatic nitrogens is 2. The summed E-state index contributed by atoms with van der Waals surface area (Å²) in [6.45, 7) is 0.0778. The number of fused-ring (bicyclic) bond motifs is 1. The van der Waals surface area contributed by atoms with Crippen LogP contribution in [-0.4, -0.2) is 22.8 Å². The maximum absolute atomic E-state index is 11.9. The van der Waals surface area contributed by atoms with Gasteiger partial charge in [0.1, 0.15) is 16.6 Å². The Labute approximate surface area is 116 Å². The number of nitrogens with zero attached hydrogens (tertiary/aromatic N) is 2. The molecule has 0 aliphatic carbocycles. The predicted molar refractivity (Wildman–Crippen MR) is 67.4 cm³/mol. The van der Waals surface area contributed by atoms with Gasteiger partial charge in [-0.1, -0.05) is 11.6 Å². The highest BCUT2D eigenvalue weighted by Gasteiger charge is 2.25. The van der Waals surface area contributed by atoms with Crippen molar-refractivity contribution in [2.24, 2.45) is 0 Å². The molecule has 0 radical (unpaired) electrons. The molecule has 0 amide bonds. The maximum Gasteiger partial charge on any atom is 0.389 e. The van der Waals surface area contributed by atoms with Gasteiger partial charge in [-0.3, -0.25) is 0 Å². The van der Waals surface area contributed by atoms with E-state index < -0.39 is 12.6 Å². The minimum absolute atomic E-state index is 0.0168. The zero-order chi connectivity index (χ0) is 13.9. The number of ether oxygens (including phenoxy) is 1. The van der Waals surface area contributed by atoms with Gasteiger partial charge in [0.2, 0.25) is 0 Å². The van der Waals surface area contributed by atoms with Crippen molar-refractivity contribution in [3.8, 4) is 0 Å². The lowest BCUT2D eigenvalue weighted by Crippen LogP contribution is -2.09. The Morgan fingerprint density at radius 3 is 2.84 bits per heavy atom. The Bertz CT molecular complexity index is 558. The topological polar surface area (TPSA) is 35.0 Å². The first-order valence-corrected chi connectivity index (χ1v) is 6.75. The smallest absolute Gasteiger partial charge is 0.373 e. The van der Waals surface area contributed by atoms with E-state index in [4.69, 9.17) is 16.3 Å². The quantitative estimate of drug-likeness (QED) is 0.613.